The van der Waals surface area contributed by atoms with Gasteiger partial charge in [0, 0.05) is 18.8 Å². The molecule has 0 atom stereocenters. The maximum absolute atomic E-state index is 13.6. The summed E-state index contributed by atoms with van der Waals surface area (Å²) in [6.07, 6.45) is 0.534. The molecule has 0 saturated carbocycles. The smallest absolute Gasteiger partial charge is 0.278 e. The number of carbonyl (C=O) groups is 1. The van der Waals surface area contributed by atoms with E-state index in [9.17, 15) is 9.18 Å². The Balaban J connectivity index is 1.63. The maximum Gasteiger partial charge on any atom is 0.278 e. The van der Waals surface area contributed by atoms with Crippen molar-refractivity contribution in [1.29, 1.82) is 0 Å². The zero-order valence-electron chi connectivity index (χ0n) is 16.0. The molecule has 6 heteroatoms. The quantitative estimate of drug-likeness (QED) is 0.668. The van der Waals surface area contributed by atoms with Crippen LogP contribution in [0.2, 0.25) is 0 Å². The molecule has 5 nitrogen and oxygen atoms in total. The third-order valence-corrected chi connectivity index (χ3v) is 4.42. The Bertz CT molecular complexity index is 943. The van der Waals surface area contributed by atoms with Crippen LogP contribution in [0.25, 0.3) is 0 Å². The highest BCUT2D eigenvalue weighted by Gasteiger charge is 2.18. The van der Waals surface area contributed by atoms with Gasteiger partial charge in [-0.2, -0.15) is 0 Å². The number of carbonyl (C=O) groups excluding carboxylic acids is 1. The van der Waals surface area contributed by atoms with Crippen LogP contribution in [0.1, 0.15) is 28.5 Å². The first-order chi connectivity index (χ1) is 13.6. The van der Waals surface area contributed by atoms with Crippen molar-refractivity contribution in [3.8, 4) is 0 Å². The van der Waals surface area contributed by atoms with E-state index in [1.54, 1.807) is 29.2 Å². The van der Waals surface area contributed by atoms with Crippen molar-refractivity contribution in [3.63, 3.8) is 0 Å². The summed E-state index contributed by atoms with van der Waals surface area (Å²) in [5.41, 5.74) is 2.85. The first-order valence-electron chi connectivity index (χ1n) is 9.28. The van der Waals surface area contributed by atoms with E-state index in [0.717, 1.165) is 11.3 Å². The van der Waals surface area contributed by atoms with Crippen LogP contribution >= 0.6 is 0 Å². The highest BCUT2D eigenvalue weighted by molar-refractivity contribution is 6.04. The first kappa shape index (κ1) is 19.5. The fraction of sp³-hybridized carbons (Fsp3) is 0.227. The van der Waals surface area contributed by atoms with E-state index in [0.29, 0.717) is 30.9 Å². The number of rotatable bonds is 7. The van der Waals surface area contributed by atoms with Gasteiger partial charge in [0.2, 0.25) is 0 Å². The molecule has 0 spiro atoms. The van der Waals surface area contributed by atoms with Gasteiger partial charge in [-0.05, 0) is 61.7 Å². The number of aromatic nitrogens is 2. The second-order valence-electron chi connectivity index (χ2n) is 6.46. The summed E-state index contributed by atoms with van der Waals surface area (Å²) in [4.78, 5) is 14.5. The van der Waals surface area contributed by atoms with Crippen LogP contribution in [0, 0.1) is 12.7 Å². The molecule has 0 aliphatic heterocycles. The van der Waals surface area contributed by atoms with Crippen LogP contribution in [0.5, 0.6) is 0 Å². The Labute approximate surface area is 164 Å². The van der Waals surface area contributed by atoms with Crippen LogP contribution in [-0.4, -0.2) is 29.2 Å². The van der Waals surface area contributed by atoms with E-state index >= 15 is 0 Å². The van der Waals surface area contributed by atoms with Gasteiger partial charge < -0.3 is 10.2 Å². The second-order valence-corrected chi connectivity index (χ2v) is 6.46. The van der Waals surface area contributed by atoms with Crippen LogP contribution < -0.4 is 10.2 Å². The molecule has 1 amide bonds. The molecule has 1 aromatic heterocycles. The van der Waals surface area contributed by atoms with Gasteiger partial charge in [-0.15, -0.1) is 10.2 Å². The number of amides is 1. The Morgan fingerprint density at radius 2 is 1.89 bits per heavy atom. The predicted octanol–water partition coefficient (Wildman–Crippen LogP) is 4.25. The molecule has 3 rings (SSSR count). The van der Waals surface area contributed by atoms with Gasteiger partial charge in [-0.1, -0.05) is 30.3 Å². The fourth-order valence-corrected chi connectivity index (χ4v) is 2.94. The maximum atomic E-state index is 13.6. The summed E-state index contributed by atoms with van der Waals surface area (Å²) < 4.78 is 13.6. The first-order valence-corrected chi connectivity index (χ1v) is 9.28. The molecule has 28 heavy (non-hydrogen) atoms. The van der Waals surface area contributed by atoms with Crippen LogP contribution in [0.15, 0.2) is 60.7 Å². The third kappa shape index (κ3) is 4.71. The van der Waals surface area contributed by atoms with Gasteiger partial charge in [0.25, 0.3) is 5.91 Å². The van der Waals surface area contributed by atoms with Crippen molar-refractivity contribution < 1.29 is 9.18 Å². The van der Waals surface area contributed by atoms with Gasteiger partial charge in [-0.3, -0.25) is 4.79 Å². The van der Waals surface area contributed by atoms with Gasteiger partial charge in [-0.25, -0.2) is 4.39 Å². The van der Waals surface area contributed by atoms with Crippen LogP contribution in [0.4, 0.5) is 15.9 Å². The number of benzene rings is 2. The average molecular weight is 378 g/mol. The summed E-state index contributed by atoms with van der Waals surface area (Å²) in [5.74, 6) is 0.136. The number of hydrogen-bond acceptors (Lipinski definition) is 4. The molecule has 0 fully saturated rings. The molecular formula is C22H23FN4O. The highest BCUT2D eigenvalue weighted by Crippen LogP contribution is 2.18. The monoisotopic (exact) mass is 378 g/mol. The molecule has 144 valence electrons. The Morgan fingerprint density at radius 1 is 1.07 bits per heavy atom. The van der Waals surface area contributed by atoms with Crippen molar-refractivity contribution >= 4 is 17.4 Å². The van der Waals surface area contributed by atoms with E-state index in [4.69, 9.17) is 0 Å². The summed E-state index contributed by atoms with van der Waals surface area (Å²) >= 11 is 0. The minimum atomic E-state index is -0.216. The van der Waals surface area contributed by atoms with Crippen molar-refractivity contribution in [3.05, 3.63) is 83.3 Å². The largest absolute Gasteiger partial charge is 0.368 e. The molecule has 1 heterocycles. The minimum Gasteiger partial charge on any atom is -0.368 e. The zero-order valence-corrected chi connectivity index (χ0v) is 16.0. The second kappa shape index (κ2) is 9.08. The molecule has 3 aromatic rings. The lowest BCUT2D eigenvalue weighted by Gasteiger charge is -2.20. The average Bonchev–Trinajstić information content (AvgIpc) is 2.70. The van der Waals surface area contributed by atoms with Crippen molar-refractivity contribution in [2.24, 2.45) is 0 Å². The Morgan fingerprint density at radius 3 is 2.57 bits per heavy atom. The molecular weight excluding hydrogens is 355 g/mol. The molecule has 2 aromatic carbocycles. The van der Waals surface area contributed by atoms with E-state index < -0.39 is 0 Å². The minimum absolute atomic E-state index is 0.196. The number of halogens is 1. The summed E-state index contributed by atoms with van der Waals surface area (Å²) in [5, 5.41) is 11.2. The standard InChI is InChI=1S/C22H23FN4O/c1-3-27(18-9-6-7-16(2)15-18)22(28)20-11-12-21(26-25-20)24-14-13-17-8-4-5-10-19(17)23/h4-12,15H,3,13-14H2,1-2H3,(H,24,26). The van der Waals surface area contributed by atoms with Crippen molar-refractivity contribution in [1.82, 2.24) is 10.2 Å². The van der Waals surface area contributed by atoms with Gasteiger partial charge in [0.1, 0.15) is 11.6 Å². The Hall–Kier alpha value is -3.28. The van der Waals surface area contributed by atoms with Gasteiger partial charge in [0.15, 0.2) is 5.69 Å². The molecule has 0 aliphatic rings. The fourth-order valence-electron chi connectivity index (χ4n) is 2.94. The lowest BCUT2D eigenvalue weighted by molar-refractivity contribution is 0.0982. The number of nitrogens with one attached hydrogen (secondary N) is 1. The molecule has 0 unspecified atom stereocenters. The lowest BCUT2D eigenvalue weighted by atomic mass is 10.1. The molecule has 1 N–H and O–H groups in total. The summed E-state index contributed by atoms with van der Waals surface area (Å²) in [7, 11) is 0. The van der Waals surface area contributed by atoms with Gasteiger partial charge >= 0.3 is 0 Å². The SMILES string of the molecule is CCN(C(=O)c1ccc(NCCc2ccccc2F)nn1)c1cccc(C)c1. The van der Waals surface area contributed by atoms with E-state index in [2.05, 4.69) is 15.5 Å². The predicted molar refractivity (Wildman–Crippen MR) is 109 cm³/mol. The summed E-state index contributed by atoms with van der Waals surface area (Å²) in [6.45, 7) is 4.97. The van der Waals surface area contributed by atoms with Crippen LogP contribution in [-0.2, 0) is 6.42 Å². The van der Waals surface area contributed by atoms with E-state index in [1.807, 2.05) is 44.2 Å². The molecule has 0 radical (unpaired) electrons. The third-order valence-electron chi connectivity index (χ3n) is 4.42. The number of nitrogens with zero attached hydrogens (tertiary/aromatic N) is 3. The molecule has 0 bridgehead atoms. The highest BCUT2D eigenvalue weighted by atomic mass is 19.1. The number of hydrogen-bond donors (Lipinski definition) is 1. The normalized spacial score (nSPS) is 10.5. The van der Waals surface area contributed by atoms with Crippen LogP contribution in [0.3, 0.4) is 0 Å². The van der Waals surface area contributed by atoms with Gasteiger partial charge in [0.05, 0.1) is 0 Å². The molecule has 0 saturated heterocycles. The van der Waals surface area contributed by atoms with E-state index in [-0.39, 0.29) is 17.4 Å². The summed E-state index contributed by atoms with van der Waals surface area (Å²) in [6, 6.07) is 17.8. The lowest BCUT2D eigenvalue weighted by Crippen LogP contribution is -2.31. The van der Waals surface area contributed by atoms with Crippen molar-refractivity contribution in [2.45, 2.75) is 20.3 Å². The Kier molecular flexibility index (Phi) is 6.32. The number of anilines is 2. The number of aryl methyl sites for hydroxylation is 1. The van der Waals surface area contributed by atoms with E-state index in [1.165, 1.54) is 6.07 Å². The zero-order chi connectivity index (χ0) is 19.9. The van der Waals surface area contributed by atoms with Crippen molar-refractivity contribution in [2.75, 3.05) is 23.3 Å². The molecule has 0 aliphatic carbocycles. The topological polar surface area (TPSA) is 58.1 Å².